The van der Waals surface area contributed by atoms with E-state index < -0.39 is 0 Å². The molecule has 0 aromatic carbocycles. The quantitative estimate of drug-likeness (QED) is 0.601. The maximum absolute atomic E-state index is 2.25. The van der Waals surface area contributed by atoms with Crippen LogP contribution >= 0.6 is 47.0 Å². The van der Waals surface area contributed by atoms with Crippen molar-refractivity contribution in [2.24, 2.45) is 0 Å². The Hall–Kier alpha value is 1.14. The fourth-order valence-corrected chi connectivity index (χ4v) is 4.88. The predicted octanol–water partition coefficient (Wildman–Crippen LogP) is 3.32. The van der Waals surface area contributed by atoms with Crippen molar-refractivity contribution in [1.29, 1.82) is 0 Å². The molecule has 0 fully saturated rings. The highest BCUT2D eigenvalue weighted by atomic mass is 32.2. The molecular weight excluding hydrogens is 200 g/mol. The van der Waals surface area contributed by atoms with Crippen LogP contribution in [0.5, 0.6) is 0 Å². The van der Waals surface area contributed by atoms with Crippen molar-refractivity contribution in [2.45, 2.75) is 0 Å². The fourth-order valence-electron chi connectivity index (χ4n) is 0.497. The topological polar surface area (TPSA) is 0 Å². The van der Waals surface area contributed by atoms with Gasteiger partial charge in [-0.15, -0.1) is 47.0 Å². The van der Waals surface area contributed by atoms with Gasteiger partial charge in [0.25, 0.3) is 0 Å². The molecule has 1 aliphatic rings. The van der Waals surface area contributed by atoms with Gasteiger partial charge in [-0.25, -0.2) is 0 Å². The van der Waals surface area contributed by atoms with Crippen LogP contribution in [0.25, 0.3) is 0 Å². The highest BCUT2D eigenvalue weighted by molar-refractivity contribution is 8.26. The fraction of sp³-hybridized carbons (Fsp3) is 0.667. The molecule has 0 unspecified atom stereocenters. The Morgan fingerprint density at radius 1 is 0.900 bits per heavy atom. The number of hydrogen-bond acceptors (Lipinski definition) is 4. The zero-order chi connectivity index (χ0) is 7.07. The van der Waals surface area contributed by atoms with E-state index in [2.05, 4.69) is 11.5 Å². The maximum atomic E-state index is 2.25. The molecule has 0 aromatic rings. The standard InChI is InChI=1S/C6H10S4/c1-2-7-4-9-6-10-5-8-3-1/h1-2H,3-6H2/b2-1-. The first-order valence-electron chi connectivity index (χ1n) is 3.00. The van der Waals surface area contributed by atoms with E-state index in [1.165, 1.54) is 21.0 Å². The second kappa shape index (κ2) is 6.83. The third-order valence-corrected chi connectivity index (χ3v) is 5.58. The van der Waals surface area contributed by atoms with E-state index in [9.17, 15) is 0 Å². The number of rotatable bonds is 0. The Bertz CT molecular complexity index is 89.9. The Morgan fingerprint density at radius 3 is 2.70 bits per heavy atom. The van der Waals surface area contributed by atoms with E-state index in [0.717, 1.165) is 0 Å². The van der Waals surface area contributed by atoms with Crippen molar-refractivity contribution in [1.82, 2.24) is 0 Å². The smallest absolute Gasteiger partial charge is 0.0441 e. The van der Waals surface area contributed by atoms with Crippen LogP contribution in [0, 0.1) is 0 Å². The van der Waals surface area contributed by atoms with E-state index >= 15 is 0 Å². The molecule has 0 nitrogen and oxygen atoms in total. The van der Waals surface area contributed by atoms with Gasteiger partial charge < -0.3 is 0 Å². The Labute approximate surface area is 79.4 Å². The lowest BCUT2D eigenvalue weighted by atomic mass is 10.8. The molecule has 0 N–H and O–H groups in total. The second-order valence-electron chi connectivity index (χ2n) is 1.67. The molecule has 0 atom stereocenters. The normalized spacial score (nSPS) is 25.6. The highest BCUT2D eigenvalue weighted by Gasteiger charge is 1.92. The van der Waals surface area contributed by atoms with Crippen LogP contribution < -0.4 is 0 Å². The van der Waals surface area contributed by atoms with Crippen molar-refractivity contribution < 1.29 is 0 Å². The molecular formula is C6H10S4. The van der Waals surface area contributed by atoms with Crippen LogP contribution in [0.4, 0.5) is 0 Å². The minimum atomic E-state index is 1.19. The van der Waals surface area contributed by atoms with Crippen LogP contribution in [0.15, 0.2) is 11.5 Å². The molecule has 1 aliphatic heterocycles. The highest BCUT2D eigenvalue weighted by Crippen LogP contribution is 2.23. The third-order valence-electron chi connectivity index (χ3n) is 0.891. The predicted molar refractivity (Wildman–Crippen MR) is 59.0 cm³/mol. The minimum absolute atomic E-state index is 1.19. The molecule has 1 heterocycles. The molecule has 58 valence electrons. The van der Waals surface area contributed by atoms with Gasteiger partial charge in [0.1, 0.15) is 0 Å². The van der Waals surface area contributed by atoms with Gasteiger partial charge in [0.05, 0.1) is 0 Å². The second-order valence-corrected chi connectivity index (χ2v) is 6.66. The summed E-state index contributed by atoms with van der Waals surface area (Å²) in [5.41, 5.74) is 0. The van der Waals surface area contributed by atoms with E-state index in [1.807, 2.05) is 47.0 Å². The van der Waals surface area contributed by atoms with Crippen LogP contribution in [0.1, 0.15) is 0 Å². The lowest BCUT2D eigenvalue weighted by Gasteiger charge is -2.01. The number of thioether (sulfide) groups is 4. The zero-order valence-electron chi connectivity index (χ0n) is 5.62. The summed E-state index contributed by atoms with van der Waals surface area (Å²) in [6, 6.07) is 0. The summed E-state index contributed by atoms with van der Waals surface area (Å²) in [5, 5.41) is 5.94. The molecule has 0 spiro atoms. The van der Waals surface area contributed by atoms with Gasteiger partial charge in [0, 0.05) is 21.0 Å². The summed E-state index contributed by atoms with van der Waals surface area (Å²) in [6.45, 7) is 0. The Balaban J connectivity index is 2.13. The molecule has 10 heavy (non-hydrogen) atoms. The van der Waals surface area contributed by atoms with Gasteiger partial charge in [-0.3, -0.25) is 0 Å². The molecule has 0 aliphatic carbocycles. The number of hydrogen-bond donors (Lipinski definition) is 0. The first kappa shape index (κ1) is 9.23. The van der Waals surface area contributed by atoms with E-state index in [0.29, 0.717) is 0 Å². The molecule has 4 heteroatoms. The molecule has 0 saturated heterocycles. The lowest BCUT2D eigenvalue weighted by Crippen LogP contribution is -1.79. The molecule has 1 rings (SSSR count). The van der Waals surface area contributed by atoms with Gasteiger partial charge >= 0.3 is 0 Å². The van der Waals surface area contributed by atoms with Crippen molar-refractivity contribution >= 4 is 47.0 Å². The van der Waals surface area contributed by atoms with E-state index in [-0.39, 0.29) is 0 Å². The van der Waals surface area contributed by atoms with Crippen molar-refractivity contribution in [3.8, 4) is 0 Å². The van der Waals surface area contributed by atoms with Crippen molar-refractivity contribution in [3.63, 3.8) is 0 Å². The van der Waals surface area contributed by atoms with Gasteiger partial charge in [0.15, 0.2) is 0 Å². The van der Waals surface area contributed by atoms with Crippen molar-refractivity contribution in [3.05, 3.63) is 11.5 Å². The van der Waals surface area contributed by atoms with Gasteiger partial charge in [-0.2, -0.15) is 0 Å². The van der Waals surface area contributed by atoms with Gasteiger partial charge in [-0.05, 0) is 5.41 Å². The lowest BCUT2D eigenvalue weighted by molar-refractivity contribution is 1.80. The van der Waals surface area contributed by atoms with Crippen molar-refractivity contribution in [2.75, 3.05) is 21.0 Å². The summed E-state index contributed by atoms with van der Waals surface area (Å²) < 4.78 is 0. The average Bonchev–Trinajstić information content (AvgIpc) is 2.01. The van der Waals surface area contributed by atoms with Crippen LogP contribution in [-0.4, -0.2) is 21.0 Å². The van der Waals surface area contributed by atoms with Crippen LogP contribution in [0.2, 0.25) is 0 Å². The van der Waals surface area contributed by atoms with Gasteiger partial charge in [0.2, 0.25) is 0 Å². The summed E-state index contributed by atoms with van der Waals surface area (Å²) in [7, 11) is 0. The van der Waals surface area contributed by atoms with E-state index in [4.69, 9.17) is 0 Å². The average molecular weight is 210 g/mol. The monoisotopic (exact) mass is 210 g/mol. The summed E-state index contributed by atoms with van der Waals surface area (Å²) >= 11 is 7.95. The summed E-state index contributed by atoms with van der Waals surface area (Å²) in [4.78, 5) is 0. The van der Waals surface area contributed by atoms with Crippen LogP contribution in [0.3, 0.4) is 0 Å². The van der Waals surface area contributed by atoms with E-state index in [1.54, 1.807) is 0 Å². The first-order valence-corrected chi connectivity index (χ1v) is 7.51. The van der Waals surface area contributed by atoms with Gasteiger partial charge in [-0.1, -0.05) is 6.08 Å². The maximum Gasteiger partial charge on any atom is 0.0441 e. The molecule has 0 saturated carbocycles. The largest absolute Gasteiger partial charge is 0.147 e. The SMILES string of the molecule is C1=C\SCSCSCSC/1. The third kappa shape index (κ3) is 4.88. The summed E-state index contributed by atoms with van der Waals surface area (Å²) in [5.74, 6) is 1.19. The Kier molecular flexibility index (Phi) is 6.30. The first-order chi connectivity index (χ1) is 5.00. The molecule has 0 amide bonds. The zero-order valence-corrected chi connectivity index (χ0v) is 8.88. The molecule has 0 aromatic heterocycles. The summed E-state index contributed by atoms with van der Waals surface area (Å²) in [6.07, 6.45) is 2.25. The molecule has 0 bridgehead atoms. The molecule has 0 radical (unpaired) electrons. The Morgan fingerprint density at radius 2 is 1.70 bits per heavy atom. The van der Waals surface area contributed by atoms with Crippen LogP contribution in [-0.2, 0) is 0 Å². The minimum Gasteiger partial charge on any atom is -0.147 e.